The molecule has 5 nitrogen and oxygen atoms in total. The monoisotopic (exact) mass is 409 g/mol. The van der Waals surface area contributed by atoms with Gasteiger partial charge in [-0.1, -0.05) is 65.1 Å². The first-order valence-corrected chi connectivity index (χ1v) is 9.00. The number of benzene rings is 1. The molecule has 26 heavy (non-hydrogen) atoms. The highest BCUT2D eigenvalue weighted by Crippen LogP contribution is 2.18. The first-order chi connectivity index (χ1) is 12.5. The van der Waals surface area contributed by atoms with Crippen LogP contribution in [-0.4, -0.2) is 26.0 Å². The summed E-state index contributed by atoms with van der Waals surface area (Å²) in [5.74, 6) is 0.807. The number of hydrogen-bond acceptors (Lipinski definition) is 5. The molecule has 0 aliphatic heterocycles. The number of nitrogens with zero attached hydrogens (tertiary/aromatic N) is 5. The van der Waals surface area contributed by atoms with Gasteiger partial charge in [0.2, 0.25) is 0 Å². The lowest BCUT2D eigenvalue weighted by atomic mass is 10.2. The highest BCUT2D eigenvalue weighted by molar-refractivity contribution is 6.32. The molecule has 0 spiro atoms. The van der Waals surface area contributed by atoms with Crippen LogP contribution in [0.25, 0.3) is 0 Å². The zero-order valence-electron chi connectivity index (χ0n) is 14.4. The van der Waals surface area contributed by atoms with Crippen LogP contribution in [-0.2, 0) is 6.54 Å². The zero-order valence-corrected chi connectivity index (χ0v) is 16.6. The van der Waals surface area contributed by atoms with E-state index in [1.807, 2.05) is 18.2 Å². The molecule has 3 aromatic rings. The van der Waals surface area contributed by atoms with E-state index in [1.165, 1.54) is 18.0 Å². The van der Waals surface area contributed by atoms with Gasteiger partial charge in [-0.2, -0.15) is 0 Å². The molecule has 2 heterocycles. The summed E-state index contributed by atoms with van der Waals surface area (Å²) in [5.41, 5.74) is 1.24. The van der Waals surface area contributed by atoms with Gasteiger partial charge in [-0.05, 0) is 19.4 Å². The molecule has 0 bridgehead atoms. The van der Waals surface area contributed by atoms with Crippen LogP contribution in [0.2, 0.25) is 15.5 Å². The van der Waals surface area contributed by atoms with Crippen molar-refractivity contribution < 1.29 is 0 Å². The SMILES string of the molecule is CC(C)N(Cc1ccccc1)c1cncc(Cl)n1.Clc1cncc(Cl)n1. The third-order valence-corrected chi connectivity index (χ3v) is 3.83. The second-order valence-electron chi connectivity index (χ2n) is 5.57. The summed E-state index contributed by atoms with van der Waals surface area (Å²) < 4.78 is 0. The van der Waals surface area contributed by atoms with Crippen LogP contribution in [0.4, 0.5) is 5.82 Å². The van der Waals surface area contributed by atoms with Crippen LogP contribution in [0.3, 0.4) is 0 Å². The Labute approximate surface area is 168 Å². The smallest absolute Gasteiger partial charge is 0.149 e. The Kier molecular flexibility index (Phi) is 8.04. The first-order valence-electron chi connectivity index (χ1n) is 7.87. The van der Waals surface area contributed by atoms with Crippen molar-refractivity contribution in [2.24, 2.45) is 0 Å². The van der Waals surface area contributed by atoms with E-state index in [4.69, 9.17) is 34.8 Å². The first kappa shape index (κ1) is 20.4. The topological polar surface area (TPSA) is 54.8 Å². The molecule has 136 valence electrons. The van der Waals surface area contributed by atoms with Gasteiger partial charge in [-0.3, -0.25) is 9.97 Å². The zero-order chi connectivity index (χ0) is 18.9. The standard InChI is InChI=1S/C14H16ClN3.C4H2Cl2N2/c1-11(2)18(10-12-6-4-3-5-7-12)14-9-16-8-13(15)17-14;5-3-1-7-2-4(6)8-3/h3-9,11H,10H2,1-2H3;1-2H. The summed E-state index contributed by atoms with van der Waals surface area (Å²) in [6.07, 6.45) is 6.14. The van der Waals surface area contributed by atoms with Crippen LogP contribution >= 0.6 is 34.8 Å². The molecule has 0 saturated carbocycles. The fourth-order valence-electron chi connectivity index (χ4n) is 2.10. The summed E-state index contributed by atoms with van der Waals surface area (Å²) in [4.78, 5) is 17.9. The van der Waals surface area contributed by atoms with Crippen LogP contribution in [0.5, 0.6) is 0 Å². The molecule has 0 aliphatic rings. The highest BCUT2D eigenvalue weighted by Gasteiger charge is 2.13. The quantitative estimate of drug-likeness (QED) is 0.582. The van der Waals surface area contributed by atoms with E-state index in [2.05, 4.69) is 50.8 Å². The minimum absolute atomic E-state index is 0.317. The van der Waals surface area contributed by atoms with Crippen molar-refractivity contribution in [1.82, 2.24) is 19.9 Å². The number of aromatic nitrogens is 4. The molecule has 0 amide bonds. The maximum absolute atomic E-state index is 5.90. The maximum Gasteiger partial charge on any atom is 0.149 e. The third-order valence-electron chi connectivity index (χ3n) is 3.28. The maximum atomic E-state index is 5.90. The van der Waals surface area contributed by atoms with Crippen molar-refractivity contribution in [3.8, 4) is 0 Å². The van der Waals surface area contributed by atoms with Crippen LogP contribution in [0.1, 0.15) is 19.4 Å². The third kappa shape index (κ3) is 6.75. The minimum atomic E-state index is 0.317. The van der Waals surface area contributed by atoms with Gasteiger partial charge in [0.1, 0.15) is 21.3 Å². The Hall–Kier alpha value is -1.95. The van der Waals surface area contributed by atoms with Crippen molar-refractivity contribution in [3.05, 3.63) is 76.1 Å². The summed E-state index contributed by atoms with van der Waals surface area (Å²) in [6.45, 7) is 5.06. The summed E-state index contributed by atoms with van der Waals surface area (Å²) in [6, 6.07) is 10.6. The van der Waals surface area contributed by atoms with Crippen LogP contribution in [0, 0.1) is 0 Å². The van der Waals surface area contributed by atoms with Gasteiger partial charge in [0.05, 0.1) is 24.8 Å². The molecule has 1 aromatic carbocycles. The lowest BCUT2D eigenvalue weighted by Gasteiger charge is -2.27. The molecule has 0 saturated heterocycles. The number of hydrogen-bond donors (Lipinski definition) is 0. The lowest BCUT2D eigenvalue weighted by molar-refractivity contribution is 0.670. The van der Waals surface area contributed by atoms with Crippen molar-refractivity contribution in [2.75, 3.05) is 4.90 Å². The Morgan fingerprint density at radius 3 is 1.81 bits per heavy atom. The number of rotatable bonds is 4. The Bertz CT molecular complexity index is 797. The largest absolute Gasteiger partial charge is 0.349 e. The van der Waals surface area contributed by atoms with Gasteiger partial charge in [0.25, 0.3) is 0 Å². The molecule has 2 aromatic heterocycles. The van der Waals surface area contributed by atoms with Gasteiger partial charge in [0, 0.05) is 12.6 Å². The predicted octanol–water partition coefficient (Wildman–Crippen LogP) is 5.33. The van der Waals surface area contributed by atoms with E-state index in [0.29, 0.717) is 21.5 Å². The van der Waals surface area contributed by atoms with E-state index in [-0.39, 0.29) is 0 Å². The summed E-state index contributed by atoms with van der Waals surface area (Å²) in [7, 11) is 0. The van der Waals surface area contributed by atoms with Crippen molar-refractivity contribution in [3.63, 3.8) is 0 Å². The van der Waals surface area contributed by atoms with Gasteiger partial charge < -0.3 is 4.90 Å². The second kappa shape index (κ2) is 10.3. The fraction of sp³-hybridized carbons (Fsp3) is 0.222. The van der Waals surface area contributed by atoms with Gasteiger partial charge in [0.15, 0.2) is 0 Å². The average Bonchev–Trinajstić information content (AvgIpc) is 2.61. The van der Waals surface area contributed by atoms with Crippen molar-refractivity contribution in [1.29, 1.82) is 0 Å². The van der Waals surface area contributed by atoms with E-state index in [1.54, 1.807) is 12.4 Å². The highest BCUT2D eigenvalue weighted by atomic mass is 35.5. The number of anilines is 1. The van der Waals surface area contributed by atoms with Gasteiger partial charge >= 0.3 is 0 Å². The molecule has 3 rings (SSSR count). The second-order valence-corrected chi connectivity index (χ2v) is 6.73. The summed E-state index contributed by atoms with van der Waals surface area (Å²) >= 11 is 16.7. The van der Waals surface area contributed by atoms with Gasteiger partial charge in [-0.25, -0.2) is 9.97 Å². The van der Waals surface area contributed by atoms with Crippen LogP contribution in [0.15, 0.2) is 55.1 Å². The minimum Gasteiger partial charge on any atom is -0.349 e. The molecule has 0 atom stereocenters. The van der Waals surface area contributed by atoms with E-state index >= 15 is 0 Å². The Balaban J connectivity index is 0.000000254. The summed E-state index contributed by atoms with van der Waals surface area (Å²) in [5, 5.41) is 1.06. The molecule has 8 heteroatoms. The Morgan fingerprint density at radius 2 is 1.35 bits per heavy atom. The van der Waals surface area contributed by atoms with Crippen LogP contribution < -0.4 is 4.90 Å². The van der Waals surface area contributed by atoms with E-state index < -0.39 is 0 Å². The molecular weight excluding hydrogens is 393 g/mol. The molecule has 0 unspecified atom stereocenters. The van der Waals surface area contributed by atoms with E-state index in [0.717, 1.165) is 12.4 Å². The van der Waals surface area contributed by atoms with E-state index in [9.17, 15) is 0 Å². The molecule has 0 fully saturated rings. The van der Waals surface area contributed by atoms with Crippen molar-refractivity contribution >= 4 is 40.6 Å². The fourth-order valence-corrected chi connectivity index (χ4v) is 2.58. The molecular formula is C18H18Cl3N5. The lowest BCUT2D eigenvalue weighted by Crippen LogP contribution is -2.31. The molecule has 0 N–H and O–H groups in total. The number of halogens is 3. The van der Waals surface area contributed by atoms with Gasteiger partial charge in [-0.15, -0.1) is 0 Å². The normalized spacial score (nSPS) is 10.2. The molecule has 0 radical (unpaired) electrons. The Morgan fingerprint density at radius 1 is 0.808 bits per heavy atom. The molecule has 0 aliphatic carbocycles. The van der Waals surface area contributed by atoms with Crippen molar-refractivity contribution in [2.45, 2.75) is 26.4 Å². The predicted molar refractivity (Wildman–Crippen MR) is 107 cm³/mol. The average molecular weight is 411 g/mol.